The number of piperidine rings is 1. The molecule has 1 fully saturated rings. The average Bonchev–Trinajstić information content (AvgIpc) is 3.32. The third-order valence-corrected chi connectivity index (χ3v) is 6.60. The van der Waals surface area contributed by atoms with E-state index in [1.165, 1.54) is 5.56 Å². The summed E-state index contributed by atoms with van der Waals surface area (Å²) in [6.45, 7) is 4.01. The van der Waals surface area contributed by atoms with Crippen LogP contribution in [0.15, 0.2) is 67.1 Å². The number of carbonyl (C=O) groups excluding carboxylic acids is 1. The van der Waals surface area contributed by atoms with Crippen LogP contribution in [0, 0.1) is 0 Å². The molecule has 0 spiro atoms. The molecule has 0 radical (unpaired) electrons. The number of fused-ring (bicyclic) bond motifs is 1. The Morgan fingerprint density at radius 1 is 1.00 bits per heavy atom. The lowest BCUT2D eigenvalue weighted by atomic mass is 10.1. The number of carbonyl (C=O) groups is 1. The fourth-order valence-corrected chi connectivity index (χ4v) is 4.53. The van der Waals surface area contributed by atoms with Crippen LogP contribution < -0.4 is 9.64 Å². The van der Waals surface area contributed by atoms with Gasteiger partial charge in [0.15, 0.2) is 0 Å². The Bertz CT molecular complexity index is 1300. The van der Waals surface area contributed by atoms with Gasteiger partial charge in [0, 0.05) is 63.4 Å². The van der Waals surface area contributed by atoms with Crippen LogP contribution in [0.2, 0.25) is 0 Å². The largest absolute Gasteiger partial charge is 0.489 e. The monoisotopic (exact) mass is 469 g/mol. The maximum atomic E-state index is 12.3. The summed E-state index contributed by atoms with van der Waals surface area (Å²) < 4.78 is 8.27. The second kappa shape index (κ2) is 9.78. The van der Waals surface area contributed by atoms with Gasteiger partial charge in [-0.25, -0.2) is 9.97 Å². The highest BCUT2D eigenvalue weighted by atomic mass is 16.5. The summed E-state index contributed by atoms with van der Waals surface area (Å²) in [6.07, 6.45) is 8.84. The first-order chi connectivity index (χ1) is 17.0. The van der Waals surface area contributed by atoms with E-state index in [0.29, 0.717) is 5.56 Å². The number of ether oxygens (including phenoxy) is 1. The molecule has 0 unspecified atom stereocenters. The van der Waals surface area contributed by atoms with Crippen LogP contribution in [0.1, 0.15) is 35.7 Å². The molecule has 7 heteroatoms. The first-order valence-corrected chi connectivity index (χ1v) is 12.2. The lowest BCUT2D eigenvalue weighted by Crippen LogP contribution is -2.38. The van der Waals surface area contributed by atoms with Crippen LogP contribution in [-0.2, 0) is 6.42 Å². The summed E-state index contributed by atoms with van der Waals surface area (Å²) in [5, 5.41) is 1.01. The van der Waals surface area contributed by atoms with E-state index in [1.54, 1.807) is 25.2 Å². The summed E-state index contributed by atoms with van der Waals surface area (Å²) in [7, 11) is 3.52. The fraction of sp³-hybridized carbons (Fsp3) is 0.321. The number of pyridine rings is 2. The molecule has 1 amide bonds. The number of anilines is 1. The van der Waals surface area contributed by atoms with Gasteiger partial charge in [-0.2, -0.15) is 0 Å². The van der Waals surface area contributed by atoms with Crippen molar-refractivity contribution in [1.82, 2.24) is 19.4 Å². The third-order valence-electron chi connectivity index (χ3n) is 6.60. The lowest BCUT2D eigenvalue weighted by Gasteiger charge is -2.33. The number of amides is 1. The van der Waals surface area contributed by atoms with E-state index in [2.05, 4.69) is 33.9 Å². The van der Waals surface area contributed by atoms with Crippen molar-refractivity contribution in [3.8, 4) is 11.6 Å². The van der Waals surface area contributed by atoms with Gasteiger partial charge in [-0.15, -0.1) is 0 Å². The third kappa shape index (κ3) is 4.85. The van der Waals surface area contributed by atoms with Crippen LogP contribution in [0.5, 0.6) is 5.75 Å². The number of rotatable bonds is 6. The highest BCUT2D eigenvalue weighted by Gasteiger charge is 2.21. The molecule has 0 N–H and O–H groups in total. The van der Waals surface area contributed by atoms with Crippen molar-refractivity contribution in [2.45, 2.75) is 32.3 Å². The summed E-state index contributed by atoms with van der Waals surface area (Å²) in [6, 6.07) is 16.0. The molecule has 1 aromatic carbocycles. The molecule has 4 aromatic rings. The molecular weight excluding hydrogens is 438 g/mol. The number of aryl methyl sites for hydroxylation is 1. The second-order valence-electron chi connectivity index (χ2n) is 9.19. The van der Waals surface area contributed by atoms with Gasteiger partial charge < -0.3 is 19.1 Å². The molecule has 35 heavy (non-hydrogen) atoms. The zero-order valence-corrected chi connectivity index (χ0v) is 20.5. The van der Waals surface area contributed by atoms with Gasteiger partial charge in [0.2, 0.25) is 0 Å². The Morgan fingerprint density at radius 3 is 2.43 bits per heavy atom. The van der Waals surface area contributed by atoms with E-state index >= 15 is 0 Å². The molecule has 4 heterocycles. The standard InChI is InChI=1S/C28H31N5O2/c1-4-20-5-9-26(29-18-20)32-14-12-23(13-15-32)35-24-7-10-27(30-19-24)33-16-11-21-17-22(6-8-25(21)33)28(34)31(2)3/h5-11,16-19,23H,4,12-15H2,1-3H3. The zero-order chi connectivity index (χ0) is 24.4. The number of nitrogens with zero attached hydrogens (tertiary/aromatic N) is 5. The number of hydrogen-bond donors (Lipinski definition) is 0. The van der Waals surface area contributed by atoms with Crippen molar-refractivity contribution >= 4 is 22.6 Å². The summed E-state index contributed by atoms with van der Waals surface area (Å²) >= 11 is 0. The van der Waals surface area contributed by atoms with Gasteiger partial charge >= 0.3 is 0 Å². The Morgan fingerprint density at radius 2 is 1.77 bits per heavy atom. The predicted octanol–water partition coefficient (Wildman–Crippen LogP) is 4.73. The first-order valence-electron chi connectivity index (χ1n) is 12.2. The van der Waals surface area contributed by atoms with Crippen molar-refractivity contribution in [1.29, 1.82) is 0 Å². The Balaban J connectivity index is 1.22. The van der Waals surface area contributed by atoms with Crippen LogP contribution in [0.25, 0.3) is 16.7 Å². The van der Waals surface area contributed by atoms with Crippen LogP contribution in [-0.4, -0.2) is 58.6 Å². The molecule has 0 atom stereocenters. The van der Waals surface area contributed by atoms with E-state index in [-0.39, 0.29) is 12.0 Å². The van der Waals surface area contributed by atoms with Gasteiger partial charge in [-0.3, -0.25) is 4.79 Å². The van der Waals surface area contributed by atoms with Crippen molar-refractivity contribution < 1.29 is 9.53 Å². The molecule has 1 saturated heterocycles. The molecule has 0 bridgehead atoms. The van der Waals surface area contributed by atoms with Crippen LogP contribution in [0.3, 0.4) is 0 Å². The second-order valence-corrected chi connectivity index (χ2v) is 9.19. The molecule has 5 rings (SSSR count). The van der Waals surface area contributed by atoms with Crippen molar-refractivity contribution in [3.05, 3.63) is 78.2 Å². The van der Waals surface area contributed by atoms with Gasteiger partial charge in [0.1, 0.15) is 23.5 Å². The summed E-state index contributed by atoms with van der Waals surface area (Å²) in [5.41, 5.74) is 2.95. The Kier molecular flexibility index (Phi) is 6.40. The SMILES string of the molecule is CCc1ccc(N2CCC(Oc3ccc(-n4ccc5cc(C(=O)N(C)C)ccc54)nc3)CC2)nc1. The predicted molar refractivity (Wildman–Crippen MR) is 139 cm³/mol. The smallest absolute Gasteiger partial charge is 0.253 e. The van der Waals surface area contributed by atoms with Gasteiger partial charge in [0.25, 0.3) is 5.91 Å². The zero-order valence-electron chi connectivity index (χ0n) is 20.5. The maximum absolute atomic E-state index is 12.3. The molecule has 0 saturated carbocycles. The van der Waals surface area contributed by atoms with E-state index in [9.17, 15) is 4.79 Å². The minimum Gasteiger partial charge on any atom is -0.489 e. The molecule has 0 aliphatic carbocycles. The molecule has 7 nitrogen and oxygen atoms in total. The van der Waals surface area contributed by atoms with E-state index in [1.807, 2.05) is 53.4 Å². The minimum absolute atomic E-state index is 0.00391. The van der Waals surface area contributed by atoms with Gasteiger partial charge in [0.05, 0.1) is 11.7 Å². The molecule has 1 aliphatic rings. The van der Waals surface area contributed by atoms with E-state index in [0.717, 1.165) is 60.6 Å². The minimum atomic E-state index is -0.00391. The summed E-state index contributed by atoms with van der Waals surface area (Å²) in [5.74, 6) is 2.64. The molecular formula is C28H31N5O2. The number of benzene rings is 1. The van der Waals surface area contributed by atoms with Crippen LogP contribution in [0.4, 0.5) is 5.82 Å². The molecule has 3 aromatic heterocycles. The van der Waals surface area contributed by atoms with Gasteiger partial charge in [-0.05, 0) is 54.4 Å². The fourth-order valence-electron chi connectivity index (χ4n) is 4.53. The number of aromatic nitrogens is 3. The first kappa shape index (κ1) is 22.9. The van der Waals surface area contributed by atoms with E-state index < -0.39 is 0 Å². The molecule has 1 aliphatic heterocycles. The number of hydrogen-bond acceptors (Lipinski definition) is 5. The van der Waals surface area contributed by atoms with Crippen molar-refractivity contribution in [2.24, 2.45) is 0 Å². The quantitative estimate of drug-likeness (QED) is 0.408. The van der Waals surface area contributed by atoms with Crippen molar-refractivity contribution in [2.75, 3.05) is 32.1 Å². The normalized spacial score (nSPS) is 14.3. The van der Waals surface area contributed by atoms with E-state index in [4.69, 9.17) is 4.74 Å². The van der Waals surface area contributed by atoms with Crippen LogP contribution >= 0.6 is 0 Å². The Hall–Kier alpha value is -3.87. The topological polar surface area (TPSA) is 63.5 Å². The highest BCUT2D eigenvalue weighted by Crippen LogP contribution is 2.25. The molecule has 180 valence electrons. The summed E-state index contributed by atoms with van der Waals surface area (Å²) in [4.78, 5) is 25.4. The van der Waals surface area contributed by atoms with Gasteiger partial charge in [-0.1, -0.05) is 13.0 Å². The average molecular weight is 470 g/mol. The lowest BCUT2D eigenvalue weighted by molar-refractivity contribution is 0.0827. The Labute approximate surface area is 206 Å². The van der Waals surface area contributed by atoms with Crippen molar-refractivity contribution in [3.63, 3.8) is 0 Å². The highest BCUT2D eigenvalue weighted by molar-refractivity contribution is 5.98. The maximum Gasteiger partial charge on any atom is 0.253 e.